The number of aryl methyl sites for hydroxylation is 2. The second-order valence-corrected chi connectivity index (χ2v) is 9.91. The van der Waals surface area contributed by atoms with Crippen LogP contribution in [0.2, 0.25) is 0 Å². The van der Waals surface area contributed by atoms with Crippen molar-refractivity contribution in [3.05, 3.63) is 72.3 Å². The first kappa shape index (κ1) is 25.3. The molecule has 4 aromatic rings. The van der Waals surface area contributed by atoms with Crippen molar-refractivity contribution < 1.29 is 4.79 Å². The lowest BCUT2D eigenvalue weighted by atomic mass is 10.1. The van der Waals surface area contributed by atoms with Gasteiger partial charge in [0.05, 0.1) is 23.0 Å². The van der Waals surface area contributed by atoms with Gasteiger partial charge < -0.3 is 4.57 Å². The van der Waals surface area contributed by atoms with Crippen molar-refractivity contribution in [2.24, 2.45) is 0 Å². The highest BCUT2D eigenvalue weighted by Gasteiger charge is 2.20. The standard InChI is InChI=1S/C25H28N4OS2.ClH/c1-3-20-7-5-8-22-24(20)27-25(32-22)29(15-6-14-28-16-13-26-18-28)23(30)17-19-9-11-21(12-10-19)31-4-2;/h5,7-13,16,18H,3-4,6,14-15,17H2,1-2H3;1H. The third-order valence-corrected chi connectivity index (χ3v) is 7.29. The van der Waals surface area contributed by atoms with Crippen molar-refractivity contribution in [2.45, 2.75) is 44.6 Å². The monoisotopic (exact) mass is 500 g/mol. The summed E-state index contributed by atoms with van der Waals surface area (Å²) in [6.45, 7) is 5.73. The Balaban J connectivity index is 0.00000306. The van der Waals surface area contributed by atoms with E-state index in [0.29, 0.717) is 13.0 Å². The molecule has 0 bridgehead atoms. The van der Waals surface area contributed by atoms with Gasteiger partial charge in [0.2, 0.25) is 5.91 Å². The minimum absolute atomic E-state index is 0. The number of anilines is 1. The highest BCUT2D eigenvalue weighted by Crippen LogP contribution is 2.31. The molecule has 4 rings (SSSR count). The van der Waals surface area contributed by atoms with Crippen LogP contribution in [0, 0.1) is 0 Å². The molecule has 2 heterocycles. The summed E-state index contributed by atoms with van der Waals surface area (Å²) in [5, 5.41) is 0.787. The van der Waals surface area contributed by atoms with E-state index in [1.807, 2.05) is 33.8 Å². The van der Waals surface area contributed by atoms with E-state index in [1.54, 1.807) is 17.5 Å². The van der Waals surface area contributed by atoms with Crippen molar-refractivity contribution >= 4 is 56.8 Å². The number of hydrogen-bond donors (Lipinski definition) is 0. The Kier molecular flexibility index (Phi) is 9.35. The fourth-order valence-corrected chi connectivity index (χ4v) is 5.41. The number of halogens is 1. The molecular weight excluding hydrogens is 472 g/mol. The van der Waals surface area contributed by atoms with Gasteiger partial charge in [-0.1, -0.05) is 49.4 Å². The summed E-state index contributed by atoms with van der Waals surface area (Å²) in [5.41, 5.74) is 3.27. The van der Waals surface area contributed by atoms with E-state index < -0.39 is 0 Å². The summed E-state index contributed by atoms with van der Waals surface area (Å²) in [5.74, 6) is 1.13. The summed E-state index contributed by atoms with van der Waals surface area (Å²) in [6.07, 6.45) is 7.68. The molecule has 0 saturated heterocycles. The Morgan fingerprint density at radius 2 is 1.97 bits per heavy atom. The number of carbonyl (C=O) groups excluding carboxylic acids is 1. The van der Waals surface area contributed by atoms with Gasteiger partial charge in [-0.3, -0.25) is 9.69 Å². The topological polar surface area (TPSA) is 51.0 Å². The Morgan fingerprint density at radius 1 is 1.15 bits per heavy atom. The number of amides is 1. The SMILES string of the molecule is CCSc1ccc(CC(=O)N(CCCn2ccnc2)c2nc3c(CC)cccc3s2)cc1.Cl. The molecule has 0 aliphatic carbocycles. The van der Waals surface area contributed by atoms with E-state index in [-0.39, 0.29) is 18.3 Å². The molecule has 5 nitrogen and oxygen atoms in total. The maximum atomic E-state index is 13.4. The van der Waals surface area contributed by atoms with Crippen LogP contribution in [0.25, 0.3) is 10.2 Å². The van der Waals surface area contributed by atoms with Crippen molar-refractivity contribution in [3.8, 4) is 0 Å². The first-order chi connectivity index (χ1) is 15.7. The lowest BCUT2D eigenvalue weighted by Crippen LogP contribution is -2.33. The van der Waals surface area contributed by atoms with Crippen LogP contribution < -0.4 is 4.90 Å². The van der Waals surface area contributed by atoms with Crippen LogP contribution in [-0.2, 0) is 24.2 Å². The quantitative estimate of drug-likeness (QED) is 0.241. The highest BCUT2D eigenvalue weighted by atomic mass is 35.5. The lowest BCUT2D eigenvalue weighted by Gasteiger charge is -2.20. The fourth-order valence-electron chi connectivity index (χ4n) is 3.69. The second kappa shape index (κ2) is 12.2. The third-order valence-electron chi connectivity index (χ3n) is 5.35. The number of rotatable bonds is 10. The average Bonchev–Trinajstić information content (AvgIpc) is 3.47. The number of fused-ring (bicyclic) bond motifs is 1. The zero-order chi connectivity index (χ0) is 22.3. The summed E-state index contributed by atoms with van der Waals surface area (Å²) in [4.78, 5) is 25.5. The van der Waals surface area contributed by atoms with Gasteiger partial charge in [-0.25, -0.2) is 9.97 Å². The summed E-state index contributed by atoms with van der Waals surface area (Å²) in [6, 6.07) is 14.6. The number of para-hydroxylation sites is 1. The molecule has 0 unspecified atom stereocenters. The maximum Gasteiger partial charge on any atom is 0.233 e. The van der Waals surface area contributed by atoms with Crippen molar-refractivity contribution in [3.63, 3.8) is 0 Å². The molecular formula is C25H29ClN4OS2. The van der Waals surface area contributed by atoms with Gasteiger partial charge in [-0.05, 0) is 47.9 Å². The Labute approximate surface area is 209 Å². The van der Waals surface area contributed by atoms with E-state index in [1.165, 1.54) is 10.5 Å². The number of thioether (sulfide) groups is 1. The second-order valence-electron chi connectivity index (χ2n) is 7.57. The molecule has 0 aliphatic heterocycles. The van der Waals surface area contributed by atoms with Gasteiger partial charge in [0, 0.05) is 30.4 Å². The fraction of sp³-hybridized carbons (Fsp3) is 0.320. The smallest absolute Gasteiger partial charge is 0.233 e. The largest absolute Gasteiger partial charge is 0.337 e. The molecule has 2 aromatic carbocycles. The first-order valence-corrected chi connectivity index (χ1v) is 12.8. The normalized spacial score (nSPS) is 10.8. The van der Waals surface area contributed by atoms with E-state index >= 15 is 0 Å². The molecule has 8 heteroatoms. The molecule has 1 amide bonds. The molecule has 0 aliphatic rings. The van der Waals surface area contributed by atoms with Crippen LogP contribution in [0.3, 0.4) is 0 Å². The van der Waals surface area contributed by atoms with E-state index in [2.05, 4.69) is 61.3 Å². The van der Waals surface area contributed by atoms with Crippen molar-refractivity contribution in [2.75, 3.05) is 17.2 Å². The molecule has 0 N–H and O–H groups in total. The Hall–Kier alpha value is -2.35. The average molecular weight is 501 g/mol. The van der Waals surface area contributed by atoms with Crippen LogP contribution >= 0.6 is 35.5 Å². The molecule has 0 spiro atoms. The predicted molar refractivity (Wildman–Crippen MR) is 142 cm³/mol. The number of imidazole rings is 1. The number of thiazole rings is 1. The summed E-state index contributed by atoms with van der Waals surface area (Å²) in [7, 11) is 0. The van der Waals surface area contributed by atoms with E-state index in [9.17, 15) is 4.79 Å². The van der Waals surface area contributed by atoms with Crippen LogP contribution in [0.1, 0.15) is 31.4 Å². The van der Waals surface area contributed by atoms with Crippen molar-refractivity contribution in [1.29, 1.82) is 0 Å². The number of carbonyl (C=O) groups is 1. The number of benzene rings is 2. The highest BCUT2D eigenvalue weighted by molar-refractivity contribution is 7.99. The molecule has 174 valence electrons. The van der Waals surface area contributed by atoms with Gasteiger partial charge >= 0.3 is 0 Å². The van der Waals surface area contributed by atoms with Crippen LogP contribution in [0.15, 0.2) is 66.1 Å². The van der Waals surface area contributed by atoms with Gasteiger partial charge in [0.15, 0.2) is 5.13 Å². The third kappa shape index (κ3) is 6.37. The first-order valence-electron chi connectivity index (χ1n) is 11.0. The Morgan fingerprint density at radius 3 is 2.67 bits per heavy atom. The lowest BCUT2D eigenvalue weighted by molar-refractivity contribution is -0.118. The number of aromatic nitrogens is 3. The van der Waals surface area contributed by atoms with E-state index in [4.69, 9.17) is 4.98 Å². The maximum absolute atomic E-state index is 13.4. The van der Waals surface area contributed by atoms with Crippen LogP contribution in [-0.4, -0.2) is 32.7 Å². The molecule has 0 saturated carbocycles. The molecule has 0 fully saturated rings. The zero-order valence-corrected chi connectivity index (χ0v) is 21.4. The number of nitrogens with zero attached hydrogens (tertiary/aromatic N) is 4. The minimum Gasteiger partial charge on any atom is -0.337 e. The number of hydrogen-bond acceptors (Lipinski definition) is 5. The molecule has 2 aromatic heterocycles. The minimum atomic E-state index is 0. The van der Waals surface area contributed by atoms with E-state index in [0.717, 1.165) is 46.1 Å². The molecule has 0 radical (unpaired) electrons. The predicted octanol–water partition coefficient (Wildman–Crippen LogP) is 6.26. The zero-order valence-electron chi connectivity index (χ0n) is 18.9. The van der Waals surface area contributed by atoms with Gasteiger partial charge in [-0.2, -0.15) is 0 Å². The van der Waals surface area contributed by atoms with Gasteiger partial charge in [-0.15, -0.1) is 24.2 Å². The van der Waals surface area contributed by atoms with Crippen LogP contribution in [0.5, 0.6) is 0 Å². The van der Waals surface area contributed by atoms with Crippen molar-refractivity contribution in [1.82, 2.24) is 14.5 Å². The summed E-state index contributed by atoms with van der Waals surface area (Å²) < 4.78 is 3.17. The molecule has 0 atom stereocenters. The van der Waals surface area contributed by atoms with Crippen LogP contribution in [0.4, 0.5) is 5.13 Å². The molecule has 33 heavy (non-hydrogen) atoms. The summed E-state index contributed by atoms with van der Waals surface area (Å²) >= 11 is 3.41. The Bertz CT molecular complexity index is 1160. The van der Waals surface area contributed by atoms with Gasteiger partial charge in [0.25, 0.3) is 0 Å². The van der Waals surface area contributed by atoms with Gasteiger partial charge in [0.1, 0.15) is 0 Å².